The van der Waals surface area contributed by atoms with E-state index in [1.165, 1.54) is 0 Å². The van der Waals surface area contributed by atoms with E-state index >= 15 is 0 Å². The Labute approximate surface area is 83.2 Å². The topological polar surface area (TPSA) is 64.2 Å². The van der Waals surface area contributed by atoms with Crippen molar-refractivity contribution in [2.24, 2.45) is 0 Å². The number of nitriles is 1. The van der Waals surface area contributed by atoms with Crippen LogP contribution in [0.3, 0.4) is 0 Å². The van der Waals surface area contributed by atoms with Crippen LogP contribution in [0.15, 0.2) is 24.3 Å². The molecule has 2 unspecified atom stereocenters. The van der Waals surface area contributed by atoms with Gasteiger partial charge in [0.15, 0.2) is 0 Å². The van der Waals surface area contributed by atoms with Crippen molar-refractivity contribution in [3.05, 3.63) is 29.8 Å². The SMILES string of the molecule is CC(O)CC(C#N)c1ccc(O)cc1. The van der Waals surface area contributed by atoms with E-state index in [2.05, 4.69) is 6.07 Å². The lowest BCUT2D eigenvalue weighted by Crippen LogP contribution is -2.06. The highest BCUT2D eigenvalue weighted by atomic mass is 16.3. The van der Waals surface area contributed by atoms with Crippen LogP contribution in [0.1, 0.15) is 24.8 Å². The highest BCUT2D eigenvalue weighted by Gasteiger charge is 2.12. The number of rotatable bonds is 3. The van der Waals surface area contributed by atoms with Crippen LogP contribution in [0.5, 0.6) is 5.75 Å². The Morgan fingerprint density at radius 3 is 2.36 bits per heavy atom. The molecule has 0 radical (unpaired) electrons. The first kappa shape index (κ1) is 10.6. The molecule has 0 bridgehead atoms. The number of nitrogens with zero attached hydrogens (tertiary/aromatic N) is 1. The average molecular weight is 191 g/mol. The fourth-order valence-electron chi connectivity index (χ4n) is 1.31. The molecule has 1 rings (SSSR count). The van der Waals surface area contributed by atoms with Crippen molar-refractivity contribution in [1.82, 2.24) is 0 Å². The van der Waals surface area contributed by atoms with E-state index in [1.807, 2.05) is 0 Å². The second kappa shape index (κ2) is 4.64. The molecule has 3 nitrogen and oxygen atoms in total. The van der Waals surface area contributed by atoms with E-state index in [0.717, 1.165) is 5.56 Å². The van der Waals surface area contributed by atoms with Crippen molar-refractivity contribution < 1.29 is 10.2 Å². The number of aliphatic hydroxyl groups excluding tert-OH is 1. The highest BCUT2D eigenvalue weighted by Crippen LogP contribution is 2.22. The number of hydrogen-bond acceptors (Lipinski definition) is 3. The normalized spacial score (nSPS) is 14.4. The van der Waals surface area contributed by atoms with E-state index in [4.69, 9.17) is 15.5 Å². The predicted octanol–water partition coefficient (Wildman–Crippen LogP) is 1.77. The van der Waals surface area contributed by atoms with Crippen LogP contribution in [0.2, 0.25) is 0 Å². The summed E-state index contributed by atoms with van der Waals surface area (Å²) in [5, 5.41) is 27.1. The summed E-state index contributed by atoms with van der Waals surface area (Å²) < 4.78 is 0. The molecule has 0 saturated carbocycles. The first-order valence-electron chi connectivity index (χ1n) is 4.50. The third-order valence-corrected chi connectivity index (χ3v) is 2.03. The third-order valence-electron chi connectivity index (χ3n) is 2.03. The van der Waals surface area contributed by atoms with E-state index in [9.17, 15) is 0 Å². The van der Waals surface area contributed by atoms with Crippen molar-refractivity contribution >= 4 is 0 Å². The molecule has 2 atom stereocenters. The second-order valence-electron chi connectivity index (χ2n) is 3.36. The van der Waals surface area contributed by atoms with Crippen molar-refractivity contribution in [1.29, 1.82) is 5.26 Å². The van der Waals surface area contributed by atoms with Crippen molar-refractivity contribution in [3.63, 3.8) is 0 Å². The van der Waals surface area contributed by atoms with Gasteiger partial charge in [-0.1, -0.05) is 12.1 Å². The maximum absolute atomic E-state index is 9.17. The molecule has 0 heterocycles. The molecule has 14 heavy (non-hydrogen) atoms. The zero-order valence-electron chi connectivity index (χ0n) is 8.01. The summed E-state index contributed by atoms with van der Waals surface area (Å²) in [6, 6.07) is 8.61. The Balaban J connectivity index is 2.80. The standard InChI is InChI=1S/C11H13NO2/c1-8(13)6-10(7-12)9-2-4-11(14)5-3-9/h2-5,8,10,13-14H,6H2,1H3. The molecular weight excluding hydrogens is 178 g/mol. The largest absolute Gasteiger partial charge is 0.508 e. The smallest absolute Gasteiger partial charge is 0.115 e. The summed E-state index contributed by atoms with van der Waals surface area (Å²) in [7, 11) is 0. The molecule has 2 N–H and O–H groups in total. The van der Waals surface area contributed by atoms with Crippen LogP contribution in [0.4, 0.5) is 0 Å². The molecule has 0 saturated heterocycles. The first-order chi connectivity index (χ1) is 6.63. The van der Waals surface area contributed by atoms with Gasteiger partial charge in [0.05, 0.1) is 18.1 Å². The molecule has 0 amide bonds. The van der Waals surface area contributed by atoms with Gasteiger partial charge in [0, 0.05) is 0 Å². The summed E-state index contributed by atoms with van der Waals surface area (Å²) in [6.07, 6.45) is -0.0742. The Kier molecular flexibility index (Phi) is 3.49. The predicted molar refractivity (Wildman–Crippen MR) is 52.8 cm³/mol. The lowest BCUT2D eigenvalue weighted by molar-refractivity contribution is 0.180. The zero-order chi connectivity index (χ0) is 10.6. The van der Waals surface area contributed by atoms with Crippen LogP contribution < -0.4 is 0 Å². The van der Waals surface area contributed by atoms with Crippen molar-refractivity contribution in [2.75, 3.05) is 0 Å². The molecule has 1 aromatic carbocycles. The number of aromatic hydroxyl groups is 1. The maximum atomic E-state index is 9.17. The molecule has 74 valence electrons. The molecule has 0 aromatic heterocycles. The lowest BCUT2D eigenvalue weighted by Gasteiger charge is -2.10. The average Bonchev–Trinajstić information content (AvgIpc) is 2.15. The van der Waals surface area contributed by atoms with Gasteiger partial charge in [-0.2, -0.15) is 5.26 Å². The third kappa shape index (κ3) is 2.75. The van der Waals surface area contributed by atoms with Crippen molar-refractivity contribution in [3.8, 4) is 11.8 Å². The van der Waals surface area contributed by atoms with Gasteiger partial charge < -0.3 is 10.2 Å². The number of phenolic OH excluding ortho intramolecular Hbond substituents is 1. The number of phenols is 1. The van der Waals surface area contributed by atoms with Crippen LogP contribution >= 0.6 is 0 Å². The lowest BCUT2D eigenvalue weighted by atomic mass is 9.95. The summed E-state index contributed by atoms with van der Waals surface area (Å²) in [5.74, 6) is -0.127. The molecule has 1 aromatic rings. The van der Waals surface area contributed by atoms with Gasteiger partial charge >= 0.3 is 0 Å². The minimum atomic E-state index is -0.492. The number of hydrogen-bond donors (Lipinski definition) is 2. The first-order valence-corrected chi connectivity index (χ1v) is 4.50. The Hall–Kier alpha value is -1.53. The maximum Gasteiger partial charge on any atom is 0.115 e. The van der Waals surface area contributed by atoms with Crippen molar-refractivity contribution in [2.45, 2.75) is 25.4 Å². The van der Waals surface area contributed by atoms with Crippen LogP contribution in [0, 0.1) is 11.3 Å². The van der Waals surface area contributed by atoms with Gasteiger partial charge in [-0.3, -0.25) is 0 Å². The van der Waals surface area contributed by atoms with E-state index in [0.29, 0.717) is 6.42 Å². The van der Waals surface area contributed by atoms with Gasteiger partial charge in [-0.15, -0.1) is 0 Å². The minimum absolute atomic E-state index is 0.183. The van der Waals surface area contributed by atoms with Gasteiger partial charge in [0.2, 0.25) is 0 Å². The Bertz CT molecular complexity index is 324. The van der Waals surface area contributed by atoms with Crippen LogP contribution in [-0.2, 0) is 0 Å². The van der Waals surface area contributed by atoms with E-state index in [-0.39, 0.29) is 11.7 Å². The molecule has 0 aliphatic rings. The summed E-state index contributed by atoms with van der Waals surface area (Å²) in [5.41, 5.74) is 0.825. The fraction of sp³-hybridized carbons (Fsp3) is 0.364. The Morgan fingerprint density at radius 2 is 1.93 bits per heavy atom. The minimum Gasteiger partial charge on any atom is -0.508 e. The Morgan fingerprint density at radius 1 is 1.36 bits per heavy atom. The number of benzene rings is 1. The van der Waals surface area contributed by atoms with Gasteiger partial charge in [0.1, 0.15) is 5.75 Å². The van der Waals surface area contributed by atoms with E-state index < -0.39 is 6.10 Å². The molecule has 0 spiro atoms. The summed E-state index contributed by atoms with van der Waals surface area (Å²) in [4.78, 5) is 0. The monoisotopic (exact) mass is 191 g/mol. The van der Waals surface area contributed by atoms with E-state index in [1.54, 1.807) is 31.2 Å². The second-order valence-corrected chi connectivity index (χ2v) is 3.36. The van der Waals surface area contributed by atoms with Gasteiger partial charge in [-0.25, -0.2) is 0 Å². The summed E-state index contributed by atoms with van der Waals surface area (Å²) >= 11 is 0. The summed E-state index contributed by atoms with van der Waals surface area (Å²) in [6.45, 7) is 1.66. The number of aliphatic hydroxyl groups is 1. The fourth-order valence-corrected chi connectivity index (χ4v) is 1.31. The molecule has 3 heteroatoms. The molecule has 0 fully saturated rings. The zero-order valence-corrected chi connectivity index (χ0v) is 8.01. The van der Waals surface area contributed by atoms with Crippen LogP contribution in [-0.4, -0.2) is 16.3 Å². The molecule has 0 aliphatic carbocycles. The van der Waals surface area contributed by atoms with Gasteiger partial charge in [0.25, 0.3) is 0 Å². The van der Waals surface area contributed by atoms with Crippen LogP contribution in [0.25, 0.3) is 0 Å². The molecular formula is C11H13NO2. The van der Waals surface area contributed by atoms with Gasteiger partial charge in [-0.05, 0) is 31.0 Å². The highest BCUT2D eigenvalue weighted by molar-refractivity contribution is 5.31. The molecule has 0 aliphatic heterocycles. The quantitative estimate of drug-likeness (QED) is 0.765.